The molecule has 0 amide bonds. The SMILES string of the molecule is Cc1cccc(NC(=S)N(Cc2cccc(Br)c2)CC2CCC(C(=O)[O-])CC2)c1. The highest BCUT2D eigenvalue weighted by atomic mass is 79.9. The average molecular weight is 474 g/mol. The average Bonchev–Trinajstić information content (AvgIpc) is 2.68. The fraction of sp³-hybridized carbons (Fsp3) is 0.391. The van der Waals surface area contributed by atoms with Gasteiger partial charge in [-0.2, -0.15) is 0 Å². The molecule has 0 radical (unpaired) electrons. The van der Waals surface area contributed by atoms with E-state index in [1.165, 1.54) is 11.1 Å². The van der Waals surface area contributed by atoms with Crippen LogP contribution in [0.15, 0.2) is 53.0 Å². The fourth-order valence-corrected chi connectivity index (χ4v) is 4.60. The molecule has 29 heavy (non-hydrogen) atoms. The molecule has 0 aromatic heterocycles. The molecular formula is C23H26BrN2O2S-. The van der Waals surface area contributed by atoms with E-state index in [2.05, 4.69) is 57.3 Å². The number of carbonyl (C=O) groups excluding carboxylic acids is 1. The van der Waals surface area contributed by atoms with Crippen molar-refractivity contribution in [2.75, 3.05) is 11.9 Å². The van der Waals surface area contributed by atoms with Gasteiger partial charge in [0.1, 0.15) is 0 Å². The molecule has 1 aliphatic carbocycles. The number of carbonyl (C=O) groups is 1. The van der Waals surface area contributed by atoms with Crippen molar-refractivity contribution in [2.45, 2.75) is 39.2 Å². The van der Waals surface area contributed by atoms with Crippen LogP contribution in [0.1, 0.15) is 36.8 Å². The maximum absolute atomic E-state index is 11.1. The number of hydrogen-bond acceptors (Lipinski definition) is 3. The van der Waals surface area contributed by atoms with Crippen LogP contribution in [0.5, 0.6) is 0 Å². The predicted molar refractivity (Wildman–Crippen MR) is 122 cm³/mol. The van der Waals surface area contributed by atoms with E-state index in [0.29, 0.717) is 30.4 Å². The third-order valence-corrected chi connectivity index (χ3v) is 6.33. The normalized spacial score (nSPS) is 18.8. The first kappa shape index (κ1) is 21.8. The summed E-state index contributed by atoms with van der Waals surface area (Å²) in [6.07, 6.45) is 3.16. The topological polar surface area (TPSA) is 55.4 Å². The second-order valence-electron chi connectivity index (χ2n) is 7.85. The molecule has 1 aliphatic rings. The van der Waals surface area contributed by atoms with Crippen molar-refractivity contribution >= 4 is 44.9 Å². The minimum Gasteiger partial charge on any atom is -0.550 e. The largest absolute Gasteiger partial charge is 0.550 e. The van der Waals surface area contributed by atoms with Gasteiger partial charge in [-0.25, -0.2) is 0 Å². The van der Waals surface area contributed by atoms with Gasteiger partial charge in [0.05, 0.1) is 0 Å². The molecule has 0 spiro atoms. The van der Waals surface area contributed by atoms with E-state index in [9.17, 15) is 9.90 Å². The van der Waals surface area contributed by atoms with Crippen molar-refractivity contribution in [3.8, 4) is 0 Å². The van der Waals surface area contributed by atoms with E-state index in [4.69, 9.17) is 12.2 Å². The van der Waals surface area contributed by atoms with E-state index in [1.807, 2.05) is 24.3 Å². The number of aliphatic carboxylic acids is 1. The molecule has 0 saturated heterocycles. The molecule has 4 nitrogen and oxygen atoms in total. The van der Waals surface area contributed by atoms with E-state index in [1.54, 1.807) is 0 Å². The zero-order chi connectivity index (χ0) is 20.8. The van der Waals surface area contributed by atoms with Gasteiger partial charge in [-0.05, 0) is 92.1 Å². The predicted octanol–water partition coefficient (Wildman–Crippen LogP) is 4.51. The molecular weight excluding hydrogens is 448 g/mol. The molecule has 0 heterocycles. The second-order valence-corrected chi connectivity index (χ2v) is 9.15. The Labute approximate surface area is 186 Å². The third kappa shape index (κ3) is 6.54. The van der Waals surface area contributed by atoms with Crippen LogP contribution in [-0.4, -0.2) is 22.5 Å². The van der Waals surface area contributed by atoms with Crippen molar-refractivity contribution < 1.29 is 9.90 Å². The Hall–Kier alpha value is -1.92. The van der Waals surface area contributed by atoms with Gasteiger partial charge in [0, 0.05) is 29.2 Å². The summed E-state index contributed by atoms with van der Waals surface area (Å²) in [6.45, 7) is 3.57. The van der Waals surface area contributed by atoms with Crippen molar-refractivity contribution in [3.05, 3.63) is 64.1 Å². The molecule has 0 bridgehead atoms. The first-order chi connectivity index (χ1) is 13.9. The van der Waals surface area contributed by atoms with E-state index in [-0.39, 0.29) is 5.92 Å². The van der Waals surface area contributed by atoms with Gasteiger partial charge >= 0.3 is 0 Å². The summed E-state index contributed by atoms with van der Waals surface area (Å²) in [7, 11) is 0. The maximum Gasteiger partial charge on any atom is 0.173 e. The molecule has 1 N–H and O–H groups in total. The van der Waals surface area contributed by atoms with Crippen LogP contribution < -0.4 is 10.4 Å². The van der Waals surface area contributed by atoms with Crippen LogP contribution in [0.25, 0.3) is 0 Å². The number of benzene rings is 2. The Morgan fingerprint density at radius 1 is 1.17 bits per heavy atom. The summed E-state index contributed by atoms with van der Waals surface area (Å²) < 4.78 is 1.04. The highest BCUT2D eigenvalue weighted by Crippen LogP contribution is 2.30. The number of aryl methyl sites for hydroxylation is 1. The lowest BCUT2D eigenvalue weighted by molar-refractivity contribution is -0.312. The number of rotatable bonds is 6. The molecule has 1 saturated carbocycles. The van der Waals surface area contributed by atoms with Crippen molar-refractivity contribution in [2.24, 2.45) is 11.8 Å². The lowest BCUT2D eigenvalue weighted by Gasteiger charge is -2.34. The third-order valence-electron chi connectivity index (χ3n) is 5.48. The first-order valence-corrected chi connectivity index (χ1v) is 11.2. The molecule has 0 aliphatic heterocycles. The minimum absolute atomic E-state index is 0.304. The van der Waals surface area contributed by atoms with Crippen LogP contribution >= 0.6 is 28.1 Å². The summed E-state index contributed by atoms with van der Waals surface area (Å²) in [6, 6.07) is 16.4. The summed E-state index contributed by atoms with van der Waals surface area (Å²) in [5.41, 5.74) is 3.34. The van der Waals surface area contributed by atoms with Gasteiger partial charge in [0.2, 0.25) is 0 Å². The Morgan fingerprint density at radius 3 is 2.55 bits per heavy atom. The molecule has 0 unspecified atom stereocenters. The lowest BCUT2D eigenvalue weighted by Crippen LogP contribution is -2.40. The number of hydrogen-bond donors (Lipinski definition) is 1. The smallest absolute Gasteiger partial charge is 0.173 e. The molecule has 6 heteroatoms. The Balaban J connectivity index is 1.70. The van der Waals surface area contributed by atoms with Crippen LogP contribution in [0.4, 0.5) is 5.69 Å². The van der Waals surface area contributed by atoms with E-state index >= 15 is 0 Å². The number of carboxylic acids is 1. The molecule has 2 aromatic carbocycles. The highest BCUT2D eigenvalue weighted by Gasteiger charge is 2.24. The fourth-order valence-electron chi connectivity index (χ4n) is 3.89. The summed E-state index contributed by atoms with van der Waals surface area (Å²) >= 11 is 9.31. The molecule has 154 valence electrons. The van der Waals surface area contributed by atoms with Crippen molar-refractivity contribution in [1.82, 2.24) is 4.90 Å². The van der Waals surface area contributed by atoms with Gasteiger partial charge in [0.25, 0.3) is 0 Å². The molecule has 1 fully saturated rings. The molecule has 0 atom stereocenters. The maximum atomic E-state index is 11.1. The standard InChI is InChI=1S/C23H27BrN2O2S/c1-16-4-2-7-21(12-16)25-23(29)26(15-18-5-3-6-20(24)13-18)14-17-8-10-19(11-9-17)22(27)28/h2-7,12-13,17,19H,8-11,14-15H2,1H3,(H,25,29)(H,27,28)/p-1. The van der Waals surface area contributed by atoms with E-state index < -0.39 is 5.97 Å². The molecule has 3 rings (SSSR count). The summed E-state index contributed by atoms with van der Waals surface area (Å²) in [4.78, 5) is 13.3. The van der Waals surface area contributed by atoms with Gasteiger partial charge in [-0.1, -0.05) is 40.2 Å². The van der Waals surface area contributed by atoms with Crippen molar-refractivity contribution in [1.29, 1.82) is 0 Å². The van der Waals surface area contributed by atoms with Gasteiger partial charge in [-0.15, -0.1) is 0 Å². The van der Waals surface area contributed by atoms with Crippen LogP contribution in [0, 0.1) is 18.8 Å². The number of halogens is 1. The van der Waals surface area contributed by atoms with E-state index in [0.717, 1.165) is 29.5 Å². The molecule has 2 aromatic rings. The zero-order valence-corrected chi connectivity index (χ0v) is 19.0. The quantitative estimate of drug-likeness (QED) is 0.625. The Bertz CT molecular complexity index is 865. The minimum atomic E-state index is -0.911. The van der Waals surface area contributed by atoms with Gasteiger partial charge in [-0.3, -0.25) is 0 Å². The number of thiocarbonyl (C=S) groups is 1. The van der Waals surface area contributed by atoms with Crippen LogP contribution in [0.3, 0.4) is 0 Å². The Morgan fingerprint density at radius 2 is 1.90 bits per heavy atom. The number of carboxylic acid groups (broad SMARTS) is 1. The zero-order valence-electron chi connectivity index (χ0n) is 16.6. The number of nitrogens with zero attached hydrogens (tertiary/aromatic N) is 1. The number of anilines is 1. The van der Waals surface area contributed by atoms with Crippen LogP contribution in [0.2, 0.25) is 0 Å². The Kier molecular flexibility index (Phi) is 7.67. The second kappa shape index (κ2) is 10.2. The highest BCUT2D eigenvalue weighted by molar-refractivity contribution is 9.10. The van der Waals surface area contributed by atoms with Crippen molar-refractivity contribution in [3.63, 3.8) is 0 Å². The summed E-state index contributed by atoms with van der Waals surface area (Å²) in [5.74, 6) is -0.789. The van der Waals surface area contributed by atoms with Crippen LogP contribution in [-0.2, 0) is 11.3 Å². The lowest BCUT2D eigenvalue weighted by atomic mass is 9.82. The summed E-state index contributed by atoms with van der Waals surface area (Å²) in [5, 5.41) is 15.2. The van der Waals surface area contributed by atoms with Gasteiger partial charge in [0.15, 0.2) is 5.11 Å². The van der Waals surface area contributed by atoms with Gasteiger partial charge < -0.3 is 20.1 Å². The monoisotopic (exact) mass is 473 g/mol. The number of nitrogens with one attached hydrogen (secondary N) is 1. The first-order valence-electron chi connectivity index (χ1n) is 9.98.